The van der Waals surface area contributed by atoms with E-state index < -0.39 is 0 Å². The molecule has 3 unspecified atom stereocenters. The largest absolute Gasteiger partial charge is 0.486 e. The first-order chi connectivity index (χ1) is 7.38. The van der Waals surface area contributed by atoms with Gasteiger partial charge < -0.3 is 15.2 Å². The summed E-state index contributed by atoms with van der Waals surface area (Å²) in [6, 6.07) is 7.83. The van der Waals surface area contributed by atoms with Gasteiger partial charge in [0.1, 0.15) is 12.7 Å². The Labute approximate surface area is 89.2 Å². The summed E-state index contributed by atoms with van der Waals surface area (Å²) in [7, 11) is 0. The zero-order valence-electron chi connectivity index (χ0n) is 8.56. The Morgan fingerprint density at radius 1 is 1.27 bits per heavy atom. The minimum absolute atomic E-state index is 0.202. The molecule has 1 heterocycles. The Morgan fingerprint density at radius 2 is 2.07 bits per heavy atom. The number of hydrogen-bond donors (Lipinski definition) is 1. The van der Waals surface area contributed by atoms with E-state index in [2.05, 4.69) is 0 Å². The van der Waals surface area contributed by atoms with Gasteiger partial charge in [-0.25, -0.2) is 0 Å². The van der Waals surface area contributed by atoms with Crippen molar-refractivity contribution >= 4 is 0 Å². The van der Waals surface area contributed by atoms with Crippen molar-refractivity contribution in [2.75, 3.05) is 13.2 Å². The van der Waals surface area contributed by atoms with E-state index in [4.69, 9.17) is 15.2 Å². The lowest BCUT2D eigenvalue weighted by Crippen LogP contribution is -2.32. The first-order valence-electron chi connectivity index (χ1n) is 5.47. The maximum atomic E-state index is 5.91. The summed E-state index contributed by atoms with van der Waals surface area (Å²) < 4.78 is 11.6. The monoisotopic (exact) mass is 205 g/mol. The molecular weight excluding hydrogens is 190 g/mol. The molecule has 3 atom stereocenters. The fourth-order valence-corrected chi connectivity index (χ4v) is 2.24. The van der Waals surface area contributed by atoms with Gasteiger partial charge in [-0.1, -0.05) is 12.1 Å². The van der Waals surface area contributed by atoms with Crippen LogP contribution >= 0.6 is 0 Å². The van der Waals surface area contributed by atoms with Crippen LogP contribution in [0.15, 0.2) is 24.3 Å². The van der Waals surface area contributed by atoms with E-state index in [1.165, 1.54) is 6.42 Å². The zero-order valence-corrected chi connectivity index (χ0v) is 8.56. The molecule has 3 nitrogen and oxygen atoms in total. The highest BCUT2D eigenvalue weighted by molar-refractivity contribution is 5.40. The van der Waals surface area contributed by atoms with Crippen LogP contribution in [-0.4, -0.2) is 19.3 Å². The van der Waals surface area contributed by atoms with Gasteiger partial charge in [-0.3, -0.25) is 0 Å². The van der Waals surface area contributed by atoms with Gasteiger partial charge in [0.05, 0.1) is 0 Å². The quantitative estimate of drug-likeness (QED) is 0.794. The van der Waals surface area contributed by atoms with Gasteiger partial charge >= 0.3 is 0 Å². The molecule has 1 fully saturated rings. The zero-order chi connectivity index (χ0) is 10.3. The van der Waals surface area contributed by atoms with E-state index in [0.717, 1.165) is 18.0 Å². The first kappa shape index (κ1) is 9.04. The Hall–Kier alpha value is -1.22. The smallest absolute Gasteiger partial charge is 0.161 e. The second kappa shape index (κ2) is 3.42. The van der Waals surface area contributed by atoms with E-state index in [9.17, 15) is 0 Å². The van der Waals surface area contributed by atoms with Crippen molar-refractivity contribution < 1.29 is 9.47 Å². The minimum Gasteiger partial charge on any atom is -0.486 e. The predicted octanol–water partition coefficient (Wildman–Crippen LogP) is 1.42. The molecule has 0 amide bonds. The van der Waals surface area contributed by atoms with Crippen LogP contribution in [0.2, 0.25) is 0 Å². The highest BCUT2D eigenvalue weighted by Crippen LogP contribution is 2.44. The molecule has 2 aliphatic rings. The van der Waals surface area contributed by atoms with Gasteiger partial charge in [0.25, 0.3) is 0 Å². The average molecular weight is 205 g/mol. The Kier molecular flexibility index (Phi) is 2.06. The van der Waals surface area contributed by atoms with Crippen molar-refractivity contribution in [1.29, 1.82) is 0 Å². The third kappa shape index (κ3) is 1.57. The van der Waals surface area contributed by atoms with Crippen molar-refractivity contribution in [3.8, 4) is 11.5 Å². The molecule has 1 aromatic carbocycles. The predicted molar refractivity (Wildman–Crippen MR) is 57.0 cm³/mol. The van der Waals surface area contributed by atoms with Crippen LogP contribution in [0.5, 0.6) is 11.5 Å². The standard InChI is InChI=1S/C12H15NO2/c13-6-8-5-9(8)12-7-14-10-3-1-2-4-11(10)15-12/h1-4,8-9,12H,5-7,13H2. The number of para-hydroxylation sites is 2. The van der Waals surface area contributed by atoms with Gasteiger partial charge in [-0.05, 0) is 31.0 Å². The summed E-state index contributed by atoms with van der Waals surface area (Å²) in [4.78, 5) is 0. The number of nitrogens with two attached hydrogens (primary N) is 1. The average Bonchev–Trinajstić information content (AvgIpc) is 3.08. The van der Waals surface area contributed by atoms with Crippen LogP contribution in [0, 0.1) is 11.8 Å². The molecule has 0 aromatic heterocycles. The second-order valence-corrected chi connectivity index (χ2v) is 4.31. The number of fused-ring (bicyclic) bond motifs is 1. The molecule has 0 bridgehead atoms. The summed E-state index contributed by atoms with van der Waals surface area (Å²) in [5, 5.41) is 0. The molecule has 2 N–H and O–H groups in total. The Bertz CT molecular complexity index is 366. The van der Waals surface area contributed by atoms with Crippen molar-refractivity contribution in [2.45, 2.75) is 12.5 Å². The minimum atomic E-state index is 0.202. The first-order valence-corrected chi connectivity index (χ1v) is 5.47. The van der Waals surface area contributed by atoms with E-state index in [-0.39, 0.29) is 6.10 Å². The molecule has 0 saturated heterocycles. The summed E-state index contributed by atoms with van der Waals surface area (Å²) in [5.41, 5.74) is 5.63. The molecular formula is C12H15NO2. The normalized spacial score (nSPS) is 32.5. The maximum absolute atomic E-state index is 5.91. The summed E-state index contributed by atoms with van der Waals surface area (Å²) in [6.07, 6.45) is 1.39. The second-order valence-electron chi connectivity index (χ2n) is 4.31. The van der Waals surface area contributed by atoms with Crippen molar-refractivity contribution in [3.63, 3.8) is 0 Å². The van der Waals surface area contributed by atoms with Gasteiger partial charge in [-0.2, -0.15) is 0 Å². The number of rotatable bonds is 2. The maximum Gasteiger partial charge on any atom is 0.161 e. The van der Waals surface area contributed by atoms with Crippen LogP contribution in [-0.2, 0) is 0 Å². The van der Waals surface area contributed by atoms with Crippen LogP contribution in [0.3, 0.4) is 0 Å². The van der Waals surface area contributed by atoms with E-state index in [0.29, 0.717) is 18.4 Å². The number of hydrogen-bond acceptors (Lipinski definition) is 3. The summed E-state index contributed by atoms with van der Waals surface area (Å²) in [6.45, 7) is 1.43. The number of ether oxygens (including phenoxy) is 2. The van der Waals surface area contributed by atoms with Crippen LogP contribution < -0.4 is 15.2 Å². The molecule has 0 radical (unpaired) electrons. The molecule has 1 aliphatic carbocycles. The molecule has 1 aromatic rings. The van der Waals surface area contributed by atoms with Crippen molar-refractivity contribution in [3.05, 3.63) is 24.3 Å². The third-order valence-corrected chi connectivity index (χ3v) is 3.29. The van der Waals surface area contributed by atoms with E-state index >= 15 is 0 Å². The fraction of sp³-hybridized carbons (Fsp3) is 0.500. The SMILES string of the molecule is NCC1CC1C1COc2ccccc2O1. The molecule has 3 rings (SSSR count). The molecule has 1 aliphatic heterocycles. The van der Waals surface area contributed by atoms with E-state index in [1.807, 2.05) is 24.3 Å². The van der Waals surface area contributed by atoms with Crippen molar-refractivity contribution in [2.24, 2.45) is 17.6 Å². The molecule has 0 spiro atoms. The highest BCUT2D eigenvalue weighted by atomic mass is 16.6. The highest BCUT2D eigenvalue weighted by Gasteiger charge is 2.44. The van der Waals surface area contributed by atoms with Crippen LogP contribution in [0.4, 0.5) is 0 Å². The summed E-state index contributed by atoms with van der Waals surface area (Å²) in [5.74, 6) is 2.97. The van der Waals surface area contributed by atoms with Gasteiger partial charge in [-0.15, -0.1) is 0 Å². The van der Waals surface area contributed by atoms with Crippen LogP contribution in [0.1, 0.15) is 6.42 Å². The third-order valence-electron chi connectivity index (χ3n) is 3.29. The molecule has 15 heavy (non-hydrogen) atoms. The van der Waals surface area contributed by atoms with Crippen molar-refractivity contribution in [1.82, 2.24) is 0 Å². The van der Waals surface area contributed by atoms with Crippen LogP contribution in [0.25, 0.3) is 0 Å². The Morgan fingerprint density at radius 3 is 2.80 bits per heavy atom. The lowest BCUT2D eigenvalue weighted by atomic mass is 10.2. The van der Waals surface area contributed by atoms with Gasteiger partial charge in [0, 0.05) is 5.92 Å². The lowest BCUT2D eigenvalue weighted by molar-refractivity contribution is 0.0720. The molecule has 1 saturated carbocycles. The Balaban J connectivity index is 1.73. The lowest BCUT2D eigenvalue weighted by Gasteiger charge is -2.26. The number of benzene rings is 1. The fourth-order valence-electron chi connectivity index (χ4n) is 2.24. The van der Waals surface area contributed by atoms with E-state index in [1.54, 1.807) is 0 Å². The topological polar surface area (TPSA) is 44.5 Å². The molecule has 80 valence electrons. The molecule has 3 heteroatoms. The van der Waals surface area contributed by atoms with Gasteiger partial charge in [0.15, 0.2) is 11.5 Å². The summed E-state index contributed by atoms with van der Waals surface area (Å²) >= 11 is 0. The van der Waals surface area contributed by atoms with Gasteiger partial charge in [0.2, 0.25) is 0 Å².